The van der Waals surface area contributed by atoms with Crippen molar-refractivity contribution in [2.45, 2.75) is 25.6 Å². The first-order valence-electron chi connectivity index (χ1n) is 9.94. The molecule has 1 aliphatic rings. The molecule has 158 valence electrons. The Kier molecular flexibility index (Phi) is 7.62. The lowest BCUT2D eigenvalue weighted by Gasteiger charge is -2.21. The number of carbonyl (C=O) groups excluding carboxylic acids is 1. The Morgan fingerprint density at radius 2 is 1.90 bits per heavy atom. The van der Waals surface area contributed by atoms with Crippen LogP contribution in [-0.2, 0) is 14.3 Å². The second kappa shape index (κ2) is 10.4. The molecule has 2 aromatic carbocycles. The van der Waals surface area contributed by atoms with Crippen LogP contribution in [0.5, 0.6) is 11.5 Å². The van der Waals surface area contributed by atoms with Gasteiger partial charge in [-0.2, -0.15) is 0 Å². The minimum atomic E-state index is -1.89. The topological polar surface area (TPSA) is 54.0 Å². The number of ether oxygens (including phenoxy) is 4. The number of benzene rings is 2. The van der Waals surface area contributed by atoms with E-state index in [-0.39, 0.29) is 26.1 Å². The molecule has 5 nitrogen and oxygen atoms in total. The lowest BCUT2D eigenvalue weighted by atomic mass is 10.1. The van der Waals surface area contributed by atoms with Crippen molar-refractivity contribution in [3.8, 4) is 11.5 Å². The fraction of sp³-hybridized carbons (Fsp3) is 0.292. The zero-order chi connectivity index (χ0) is 21.4. The third-order valence-electron chi connectivity index (χ3n) is 4.96. The van der Waals surface area contributed by atoms with Crippen LogP contribution < -0.4 is 14.7 Å². The molecule has 6 heteroatoms. The number of carbonyl (C=O) groups is 1. The summed E-state index contributed by atoms with van der Waals surface area (Å²) in [5, 5.41) is 1.34. The van der Waals surface area contributed by atoms with Gasteiger partial charge in [0.2, 0.25) is 6.79 Å². The van der Waals surface area contributed by atoms with Crippen LogP contribution in [0, 0.1) is 0 Å². The molecule has 30 heavy (non-hydrogen) atoms. The molecule has 0 radical (unpaired) electrons. The molecule has 1 atom stereocenters. The Labute approximate surface area is 178 Å². The fourth-order valence-electron chi connectivity index (χ4n) is 3.31. The van der Waals surface area contributed by atoms with Crippen LogP contribution in [0.4, 0.5) is 0 Å². The van der Waals surface area contributed by atoms with Gasteiger partial charge in [-0.25, -0.2) is 0 Å². The molecular weight excluding hydrogens is 396 g/mol. The van der Waals surface area contributed by atoms with E-state index in [0.717, 1.165) is 28.9 Å². The molecule has 2 aromatic rings. The van der Waals surface area contributed by atoms with Gasteiger partial charge in [0.05, 0.1) is 6.10 Å². The average Bonchev–Trinajstić information content (AvgIpc) is 3.23. The summed E-state index contributed by atoms with van der Waals surface area (Å²) < 4.78 is 21.6. The maximum Gasteiger partial charge on any atom is 0.231 e. The van der Waals surface area contributed by atoms with E-state index in [1.54, 1.807) is 7.11 Å². The highest BCUT2D eigenvalue weighted by molar-refractivity contribution is 6.94. The lowest BCUT2D eigenvalue weighted by molar-refractivity contribution is -0.112. The van der Waals surface area contributed by atoms with Gasteiger partial charge in [-0.1, -0.05) is 72.5 Å². The highest BCUT2D eigenvalue weighted by atomic mass is 28.3. The SMILES string of the molecule is COCOC(/C=C\C(=C\[Si](C)(C)c1ccccc1)c1ccc2c(c1)OCO2)CC=O. The standard InChI is InChI=1S/C24H28O5Si/c1-26-17-27-21(13-14-25)11-9-20(16-30(2,3)22-7-5-4-6-8-22)19-10-12-23-24(15-19)29-18-28-23/h4-12,14-16,21H,13,17-18H2,1-3H3/b11-9-,20-16-. The normalized spacial score (nSPS) is 14.8. The Hall–Kier alpha value is -2.67. The number of rotatable bonds is 10. The van der Waals surface area contributed by atoms with Gasteiger partial charge < -0.3 is 23.7 Å². The summed E-state index contributed by atoms with van der Waals surface area (Å²) in [4.78, 5) is 11.0. The van der Waals surface area contributed by atoms with Gasteiger partial charge in [0.15, 0.2) is 11.5 Å². The summed E-state index contributed by atoms with van der Waals surface area (Å²) in [5.41, 5.74) is 4.44. The zero-order valence-electron chi connectivity index (χ0n) is 17.7. The molecular formula is C24H28O5Si. The van der Waals surface area contributed by atoms with Gasteiger partial charge in [-0.3, -0.25) is 0 Å². The van der Waals surface area contributed by atoms with E-state index < -0.39 is 8.07 Å². The fourth-order valence-corrected chi connectivity index (χ4v) is 5.57. The zero-order valence-corrected chi connectivity index (χ0v) is 18.7. The number of methoxy groups -OCH3 is 1. The Morgan fingerprint density at radius 1 is 1.13 bits per heavy atom. The van der Waals surface area contributed by atoms with E-state index in [2.05, 4.69) is 43.1 Å². The van der Waals surface area contributed by atoms with Crippen LogP contribution in [0.2, 0.25) is 13.1 Å². The molecule has 0 N–H and O–H groups in total. The van der Waals surface area contributed by atoms with Crippen LogP contribution in [-0.4, -0.2) is 41.2 Å². The van der Waals surface area contributed by atoms with E-state index in [4.69, 9.17) is 18.9 Å². The second-order valence-corrected chi connectivity index (χ2v) is 11.9. The molecule has 0 aliphatic carbocycles. The van der Waals surface area contributed by atoms with Crippen LogP contribution >= 0.6 is 0 Å². The van der Waals surface area contributed by atoms with Crippen molar-refractivity contribution in [2.24, 2.45) is 0 Å². The summed E-state index contributed by atoms with van der Waals surface area (Å²) in [6, 6.07) is 16.5. The van der Waals surface area contributed by atoms with E-state index in [0.29, 0.717) is 0 Å². The molecule has 0 aromatic heterocycles. The molecule has 0 spiro atoms. The van der Waals surface area contributed by atoms with Crippen LogP contribution in [0.25, 0.3) is 5.57 Å². The average molecular weight is 425 g/mol. The number of fused-ring (bicyclic) bond motifs is 1. The first kappa shape index (κ1) is 22.0. The lowest BCUT2D eigenvalue weighted by Crippen LogP contribution is -2.39. The predicted octanol–water partition coefficient (Wildman–Crippen LogP) is 4.09. The third-order valence-corrected chi connectivity index (χ3v) is 7.81. The minimum absolute atomic E-state index is 0.135. The second-order valence-electron chi connectivity index (χ2n) is 7.63. The predicted molar refractivity (Wildman–Crippen MR) is 121 cm³/mol. The van der Waals surface area contributed by atoms with Crippen LogP contribution in [0.3, 0.4) is 0 Å². The van der Waals surface area contributed by atoms with Gasteiger partial charge >= 0.3 is 0 Å². The van der Waals surface area contributed by atoms with E-state index in [1.807, 2.05) is 36.4 Å². The Bertz CT molecular complexity index is 905. The van der Waals surface area contributed by atoms with Crippen molar-refractivity contribution in [3.63, 3.8) is 0 Å². The molecule has 0 saturated carbocycles. The molecule has 1 unspecified atom stereocenters. The summed E-state index contributed by atoms with van der Waals surface area (Å²) in [7, 11) is -0.324. The van der Waals surface area contributed by atoms with Crippen molar-refractivity contribution in [2.75, 3.05) is 20.7 Å². The Morgan fingerprint density at radius 3 is 2.63 bits per heavy atom. The highest BCUT2D eigenvalue weighted by Crippen LogP contribution is 2.35. The quantitative estimate of drug-likeness (QED) is 0.249. The Balaban J connectivity index is 1.98. The molecule has 0 amide bonds. The van der Waals surface area contributed by atoms with Gasteiger partial charge in [0.25, 0.3) is 0 Å². The third kappa shape index (κ3) is 5.69. The minimum Gasteiger partial charge on any atom is -0.454 e. The first-order chi connectivity index (χ1) is 14.5. The van der Waals surface area contributed by atoms with Crippen molar-refractivity contribution < 1.29 is 23.7 Å². The summed E-state index contributed by atoms with van der Waals surface area (Å²) >= 11 is 0. The smallest absolute Gasteiger partial charge is 0.231 e. The molecule has 3 rings (SSSR count). The number of aldehydes is 1. The number of hydrogen-bond acceptors (Lipinski definition) is 5. The van der Waals surface area contributed by atoms with Crippen molar-refractivity contribution in [1.82, 2.24) is 0 Å². The van der Waals surface area contributed by atoms with E-state index in [1.165, 1.54) is 5.19 Å². The maximum atomic E-state index is 11.0. The maximum absolute atomic E-state index is 11.0. The molecule has 0 fully saturated rings. The van der Waals surface area contributed by atoms with Gasteiger partial charge in [-0.15, -0.1) is 0 Å². The summed E-state index contributed by atoms with van der Waals surface area (Å²) in [6.45, 7) is 5.00. The molecule has 1 aliphatic heterocycles. The molecule has 0 bridgehead atoms. The van der Waals surface area contributed by atoms with Gasteiger partial charge in [-0.05, 0) is 23.3 Å². The van der Waals surface area contributed by atoms with Crippen LogP contribution in [0.1, 0.15) is 12.0 Å². The van der Waals surface area contributed by atoms with Crippen molar-refractivity contribution >= 4 is 25.1 Å². The van der Waals surface area contributed by atoms with Gasteiger partial charge in [0, 0.05) is 13.5 Å². The highest BCUT2D eigenvalue weighted by Gasteiger charge is 2.22. The number of hydrogen-bond donors (Lipinski definition) is 0. The summed E-state index contributed by atoms with van der Waals surface area (Å²) in [6.07, 6.45) is 4.73. The van der Waals surface area contributed by atoms with Crippen LogP contribution in [0.15, 0.2) is 66.4 Å². The number of allylic oxidation sites excluding steroid dienone is 2. The van der Waals surface area contributed by atoms with E-state index >= 15 is 0 Å². The van der Waals surface area contributed by atoms with Crippen molar-refractivity contribution in [3.05, 3.63) is 71.9 Å². The monoisotopic (exact) mass is 424 g/mol. The van der Waals surface area contributed by atoms with Crippen molar-refractivity contribution in [1.29, 1.82) is 0 Å². The van der Waals surface area contributed by atoms with Gasteiger partial charge in [0.1, 0.15) is 21.2 Å². The summed E-state index contributed by atoms with van der Waals surface area (Å²) in [5.74, 6) is 1.50. The molecule has 0 saturated heterocycles. The first-order valence-corrected chi connectivity index (χ1v) is 13.0. The molecule has 1 heterocycles. The largest absolute Gasteiger partial charge is 0.454 e. The van der Waals surface area contributed by atoms with E-state index in [9.17, 15) is 4.79 Å².